The summed E-state index contributed by atoms with van der Waals surface area (Å²) in [4.78, 5) is 3.29. The molecule has 3 aliphatic rings. The quantitative estimate of drug-likeness (QED) is 0.156. The number of fused-ring (bicyclic) bond motifs is 5. The zero-order chi connectivity index (χ0) is 67.4. The van der Waals surface area contributed by atoms with E-state index in [1.807, 2.05) is 145 Å². The molecule has 0 saturated carbocycles. The number of nitrogens with one attached hydrogen (secondary N) is 1. The molecule has 3 aliphatic carbocycles. The van der Waals surface area contributed by atoms with E-state index in [1.165, 1.54) is 77.4 Å². The first-order valence-corrected chi connectivity index (χ1v) is 33.9. The summed E-state index contributed by atoms with van der Waals surface area (Å²) in [6.07, 6.45) is 20.9. The van der Waals surface area contributed by atoms with Crippen molar-refractivity contribution in [3.8, 4) is 0 Å². The molecule has 504 valence electrons. The van der Waals surface area contributed by atoms with E-state index in [9.17, 15) is 0 Å². The van der Waals surface area contributed by atoms with Crippen molar-refractivity contribution in [1.29, 1.82) is 0 Å². The van der Waals surface area contributed by atoms with Crippen LogP contribution in [0, 0.1) is 0 Å². The van der Waals surface area contributed by atoms with Crippen LogP contribution in [0.2, 0.25) is 0 Å². The smallest absolute Gasteiger partial charge is 0.0491 e. The SMILES string of the molecule is C.C.C.CC.CC.CC.CC.CC.CC.CC.CC.CC.CC.CC(C)(C)c1ccc2c(c1)C=CC2.CC(C)(C)c1ccc2c(c1)CC=C2.CC(C)(C)c1cccc2c1C=CC2.CC(C)(C)c1cccc2cc[nH]c12.CC(C)(C)n1ccc2ccccc21. The van der Waals surface area contributed by atoms with E-state index in [2.05, 4.69) is 265 Å². The van der Waals surface area contributed by atoms with E-state index in [0.29, 0.717) is 0 Å². The lowest BCUT2D eigenvalue weighted by Crippen LogP contribution is -2.20. The van der Waals surface area contributed by atoms with Gasteiger partial charge < -0.3 is 9.55 Å². The number of nitrogens with zero attached hydrogens (tertiary/aromatic N) is 1. The molecular weight excluding hydrogens is 1060 g/mol. The minimum absolute atomic E-state index is 0. The number of H-pyrrole nitrogens is 1. The second-order valence-electron chi connectivity index (χ2n) is 23.2. The third-order valence-corrected chi connectivity index (χ3v) is 12.6. The third-order valence-electron chi connectivity index (χ3n) is 12.6. The van der Waals surface area contributed by atoms with Gasteiger partial charge in [-0.1, -0.05) is 371 Å². The van der Waals surface area contributed by atoms with Crippen molar-refractivity contribution in [2.45, 2.75) is 311 Å². The van der Waals surface area contributed by atoms with Gasteiger partial charge in [0.2, 0.25) is 0 Å². The molecule has 0 unspecified atom stereocenters. The zero-order valence-electron chi connectivity index (χ0n) is 62.6. The van der Waals surface area contributed by atoms with Gasteiger partial charge in [0.15, 0.2) is 0 Å². The number of benzene rings is 5. The topological polar surface area (TPSA) is 20.7 Å². The Labute approximate surface area is 553 Å². The molecule has 2 nitrogen and oxygen atoms in total. The Morgan fingerprint density at radius 3 is 1.26 bits per heavy atom. The Balaban J connectivity index is -0.000000140. The van der Waals surface area contributed by atoms with Crippen LogP contribution in [0.3, 0.4) is 0 Å². The highest BCUT2D eigenvalue weighted by molar-refractivity contribution is 5.83. The molecule has 2 aromatic heterocycles. The van der Waals surface area contributed by atoms with Crippen molar-refractivity contribution in [2.24, 2.45) is 0 Å². The molecule has 0 radical (unpaired) electrons. The van der Waals surface area contributed by atoms with Crippen LogP contribution >= 0.6 is 0 Å². The van der Waals surface area contributed by atoms with Gasteiger partial charge in [0, 0.05) is 29.0 Å². The Hall–Kier alpha value is -5.60. The Morgan fingerprint density at radius 2 is 0.761 bits per heavy atom. The first kappa shape index (κ1) is 98.6. The normalized spacial score (nSPS) is 10.8. The fraction of sp³-hybridized carbons (Fsp3) is 0.535. The van der Waals surface area contributed by atoms with Gasteiger partial charge in [0.05, 0.1) is 0 Å². The van der Waals surface area contributed by atoms with Crippen LogP contribution in [-0.2, 0) is 46.5 Å². The van der Waals surface area contributed by atoms with Crippen LogP contribution < -0.4 is 0 Å². The summed E-state index contributed by atoms with van der Waals surface area (Å²) in [5, 5.41) is 2.62. The first-order valence-electron chi connectivity index (χ1n) is 33.9. The number of hydrogen-bond donors (Lipinski definition) is 1. The first-order chi connectivity index (χ1) is 40.4. The highest BCUT2D eigenvalue weighted by atomic mass is 15.0. The molecule has 0 atom stereocenters. The minimum Gasteiger partial charge on any atom is -0.361 e. The van der Waals surface area contributed by atoms with Crippen LogP contribution in [0.15, 0.2) is 140 Å². The van der Waals surface area contributed by atoms with E-state index in [-0.39, 0.29) is 49.5 Å². The van der Waals surface area contributed by atoms with Crippen molar-refractivity contribution in [2.75, 3.05) is 0 Å². The average Bonchev–Trinajstić information content (AvgIpc) is 4.24. The highest BCUT2D eigenvalue weighted by Crippen LogP contribution is 2.33. The number of aromatic amines is 1. The monoisotopic (exact) mass is 1210 g/mol. The molecule has 0 fully saturated rings. The van der Waals surface area contributed by atoms with Crippen LogP contribution in [0.4, 0.5) is 0 Å². The fourth-order valence-electron chi connectivity index (χ4n) is 8.76. The summed E-state index contributed by atoms with van der Waals surface area (Å²) in [6, 6.07) is 39.5. The predicted molar refractivity (Wildman–Crippen MR) is 421 cm³/mol. The van der Waals surface area contributed by atoms with Crippen molar-refractivity contribution < 1.29 is 0 Å². The van der Waals surface area contributed by atoms with Crippen LogP contribution in [0.25, 0.3) is 40.0 Å². The van der Waals surface area contributed by atoms with E-state index < -0.39 is 0 Å². The van der Waals surface area contributed by atoms with E-state index in [0.717, 1.165) is 19.3 Å². The summed E-state index contributed by atoms with van der Waals surface area (Å²) >= 11 is 0. The number of rotatable bonds is 0. The number of allylic oxidation sites excluding steroid dienone is 3. The maximum Gasteiger partial charge on any atom is 0.0491 e. The summed E-state index contributed by atoms with van der Waals surface area (Å²) < 4.78 is 2.31. The highest BCUT2D eigenvalue weighted by Gasteiger charge is 2.21. The zero-order valence-corrected chi connectivity index (χ0v) is 62.6. The van der Waals surface area contributed by atoms with Crippen LogP contribution in [0.1, 0.15) is 320 Å². The third kappa shape index (κ3) is 33.8. The lowest BCUT2D eigenvalue weighted by molar-refractivity contribution is 0.411. The van der Waals surface area contributed by atoms with Crippen molar-refractivity contribution in [1.82, 2.24) is 9.55 Å². The second kappa shape index (κ2) is 53.3. The molecular formula is C86H150N2. The number of aromatic nitrogens is 2. The molecule has 1 N–H and O–H groups in total. The van der Waals surface area contributed by atoms with Gasteiger partial charge in [0.1, 0.15) is 0 Å². The number of hydrogen-bond acceptors (Lipinski definition) is 0. The van der Waals surface area contributed by atoms with Crippen molar-refractivity contribution >= 4 is 40.0 Å². The predicted octanol–water partition coefficient (Wildman–Crippen LogP) is 29.7. The molecule has 10 rings (SSSR count). The van der Waals surface area contributed by atoms with E-state index in [1.54, 1.807) is 0 Å². The van der Waals surface area contributed by atoms with Gasteiger partial charge in [-0.05, 0) is 146 Å². The summed E-state index contributed by atoms with van der Waals surface area (Å²) in [5.74, 6) is 0. The van der Waals surface area contributed by atoms with Gasteiger partial charge in [-0.25, -0.2) is 0 Å². The van der Waals surface area contributed by atoms with Crippen molar-refractivity contribution in [3.63, 3.8) is 0 Å². The molecule has 7 aromatic rings. The van der Waals surface area contributed by atoms with E-state index >= 15 is 0 Å². The van der Waals surface area contributed by atoms with Crippen LogP contribution in [-0.4, -0.2) is 9.55 Å². The maximum absolute atomic E-state index is 3.29. The van der Waals surface area contributed by atoms with Crippen molar-refractivity contribution in [3.05, 3.63) is 195 Å². The lowest BCUT2D eigenvalue weighted by Gasteiger charge is -2.22. The Kier molecular flexibility index (Phi) is 59.7. The summed E-state index contributed by atoms with van der Waals surface area (Å²) in [5.41, 5.74) is 18.2. The standard InChI is InChI=1S/3C13H16.2C12H15N.10C2H6.3CH4/c1-13(2,3)12-9-5-7-10-6-4-8-11(10)12;2*1-13(2,3)12-8-7-10-5-4-6-11(10)9-12;1-12(2,3)10-6-4-5-9-7-8-13-11(9)10;1-12(2,3)13-9-8-10-6-4-5-7-11(10)13;10*1-2;;;/h4-5,7-9H,6H2,1-3H3;4,6-9H,5H2,1-3H3;4-5,7-9H,6H2,1-3H3;4-8,13H,1-3H3;4-9H,1-3H3;10*1-2H3;3*1H4. The van der Waals surface area contributed by atoms with Crippen LogP contribution in [0.5, 0.6) is 0 Å². The van der Waals surface area contributed by atoms with E-state index in [4.69, 9.17) is 0 Å². The number of para-hydroxylation sites is 2. The molecule has 0 spiro atoms. The molecule has 5 aromatic carbocycles. The Morgan fingerprint density at radius 1 is 0.341 bits per heavy atom. The average molecular weight is 1210 g/mol. The fourth-order valence-corrected chi connectivity index (χ4v) is 8.76. The summed E-state index contributed by atoms with van der Waals surface area (Å²) in [6.45, 7) is 73.8. The molecule has 0 bridgehead atoms. The van der Waals surface area contributed by atoms with Gasteiger partial charge in [0.25, 0.3) is 0 Å². The van der Waals surface area contributed by atoms with Gasteiger partial charge in [-0.15, -0.1) is 0 Å². The molecule has 0 amide bonds. The molecule has 2 heterocycles. The Bertz CT molecular complexity index is 2790. The minimum atomic E-state index is 0. The molecule has 2 heteroatoms. The summed E-state index contributed by atoms with van der Waals surface area (Å²) in [7, 11) is 0. The van der Waals surface area contributed by atoms with Gasteiger partial charge in [-0.2, -0.15) is 0 Å². The molecule has 0 saturated heterocycles. The van der Waals surface area contributed by atoms with Gasteiger partial charge in [-0.3, -0.25) is 0 Å². The molecule has 88 heavy (non-hydrogen) atoms. The maximum atomic E-state index is 3.29. The molecule has 0 aliphatic heterocycles. The second-order valence-corrected chi connectivity index (χ2v) is 23.2. The lowest BCUT2D eigenvalue weighted by atomic mass is 9.83. The van der Waals surface area contributed by atoms with Gasteiger partial charge >= 0.3 is 0 Å². The largest absolute Gasteiger partial charge is 0.361 e.